The number of aryl methyl sites for hydroxylation is 2. The van der Waals surface area contributed by atoms with Crippen molar-refractivity contribution in [2.24, 2.45) is 0 Å². The Balaban J connectivity index is 1.49. The van der Waals surface area contributed by atoms with Gasteiger partial charge in [0.1, 0.15) is 5.65 Å². The molecule has 10 heteroatoms. The van der Waals surface area contributed by atoms with Crippen LogP contribution in [0.4, 0.5) is 0 Å². The minimum absolute atomic E-state index is 0.0872. The van der Waals surface area contributed by atoms with Gasteiger partial charge in [-0.1, -0.05) is 11.8 Å². The van der Waals surface area contributed by atoms with Gasteiger partial charge in [0.25, 0.3) is 5.78 Å². The standard InChI is InChI=1S/C18H18BrN7OS/c1-10-14(11(2)26-17(21-10)23-18(24-26)28-3)6-16(27)20-7-13-9-25-8-12(19)4-5-15(25)22-13/h4-5,8-9H,6-7H2,1-3H3,(H,20,27). The number of imidazole rings is 1. The van der Waals surface area contributed by atoms with E-state index in [-0.39, 0.29) is 12.3 Å². The fourth-order valence-electron chi connectivity index (χ4n) is 3.05. The normalized spacial score (nSPS) is 11.4. The summed E-state index contributed by atoms with van der Waals surface area (Å²) >= 11 is 4.90. The number of amides is 1. The van der Waals surface area contributed by atoms with Crippen LogP contribution in [0.15, 0.2) is 34.2 Å². The Kier molecular flexibility index (Phi) is 5.07. The van der Waals surface area contributed by atoms with Crippen molar-refractivity contribution in [3.05, 3.63) is 51.6 Å². The number of thioether (sulfide) groups is 1. The van der Waals surface area contributed by atoms with Crippen molar-refractivity contribution < 1.29 is 4.79 Å². The maximum Gasteiger partial charge on any atom is 0.253 e. The first kappa shape index (κ1) is 18.9. The Labute approximate surface area is 173 Å². The first-order valence-corrected chi connectivity index (χ1v) is 10.6. The molecule has 8 nitrogen and oxygen atoms in total. The SMILES string of the molecule is CSc1nc2nc(C)c(CC(=O)NCc3cn4cc(Br)ccc4n3)c(C)n2n1. The molecule has 0 aliphatic carbocycles. The van der Waals surface area contributed by atoms with Crippen molar-refractivity contribution in [1.29, 1.82) is 0 Å². The molecule has 0 spiro atoms. The highest BCUT2D eigenvalue weighted by atomic mass is 79.9. The molecule has 1 N–H and O–H groups in total. The van der Waals surface area contributed by atoms with E-state index in [9.17, 15) is 4.79 Å². The van der Waals surface area contributed by atoms with E-state index in [1.807, 2.05) is 49.0 Å². The summed E-state index contributed by atoms with van der Waals surface area (Å²) in [7, 11) is 0. The van der Waals surface area contributed by atoms with Crippen LogP contribution in [-0.2, 0) is 17.8 Å². The highest BCUT2D eigenvalue weighted by Gasteiger charge is 2.16. The second kappa shape index (κ2) is 7.51. The predicted octanol–water partition coefficient (Wildman–Crippen LogP) is 2.73. The van der Waals surface area contributed by atoms with Gasteiger partial charge in [-0.05, 0) is 48.2 Å². The third kappa shape index (κ3) is 3.61. The van der Waals surface area contributed by atoms with Crippen molar-refractivity contribution in [2.45, 2.75) is 32.0 Å². The van der Waals surface area contributed by atoms with Crippen LogP contribution in [0.1, 0.15) is 22.6 Å². The Morgan fingerprint density at radius 2 is 2.04 bits per heavy atom. The van der Waals surface area contributed by atoms with Crippen molar-refractivity contribution in [3.8, 4) is 0 Å². The molecule has 0 unspecified atom stereocenters. The lowest BCUT2D eigenvalue weighted by atomic mass is 10.1. The van der Waals surface area contributed by atoms with Crippen LogP contribution in [0.5, 0.6) is 0 Å². The molecule has 4 heterocycles. The molecule has 0 bridgehead atoms. The molecule has 0 aromatic carbocycles. The van der Waals surface area contributed by atoms with Crippen molar-refractivity contribution in [1.82, 2.24) is 34.3 Å². The molecular formula is C18H18BrN7OS. The predicted molar refractivity (Wildman–Crippen MR) is 110 cm³/mol. The van der Waals surface area contributed by atoms with Gasteiger partial charge in [-0.25, -0.2) is 14.5 Å². The lowest BCUT2D eigenvalue weighted by Crippen LogP contribution is -2.26. The van der Waals surface area contributed by atoms with Crippen molar-refractivity contribution in [2.75, 3.05) is 6.26 Å². The van der Waals surface area contributed by atoms with Gasteiger partial charge >= 0.3 is 0 Å². The lowest BCUT2D eigenvalue weighted by Gasteiger charge is -2.10. The zero-order valence-electron chi connectivity index (χ0n) is 15.6. The number of halogens is 1. The number of hydrogen-bond donors (Lipinski definition) is 1. The van der Waals surface area contributed by atoms with Gasteiger partial charge in [-0.2, -0.15) is 4.98 Å². The molecule has 1 amide bonds. The topological polar surface area (TPSA) is 89.5 Å². The number of nitrogens with one attached hydrogen (secondary N) is 1. The van der Waals surface area contributed by atoms with Crippen LogP contribution in [0.25, 0.3) is 11.4 Å². The fraction of sp³-hybridized carbons (Fsp3) is 0.278. The molecule has 0 radical (unpaired) electrons. The van der Waals surface area contributed by atoms with E-state index in [0.717, 1.165) is 32.8 Å². The van der Waals surface area contributed by atoms with Crippen LogP contribution >= 0.6 is 27.7 Å². The highest BCUT2D eigenvalue weighted by molar-refractivity contribution is 9.10. The summed E-state index contributed by atoms with van der Waals surface area (Å²) in [4.78, 5) is 25.9. The summed E-state index contributed by atoms with van der Waals surface area (Å²) in [5, 5.41) is 8.02. The lowest BCUT2D eigenvalue weighted by molar-refractivity contribution is -0.120. The number of fused-ring (bicyclic) bond motifs is 2. The van der Waals surface area contributed by atoms with Gasteiger partial charge in [0.2, 0.25) is 11.1 Å². The van der Waals surface area contributed by atoms with Gasteiger partial charge in [0.15, 0.2) is 0 Å². The summed E-state index contributed by atoms with van der Waals surface area (Å²) < 4.78 is 4.59. The van der Waals surface area contributed by atoms with Crippen LogP contribution in [0.3, 0.4) is 0 Å². The van der Waals surface area contributed by atoms with Crippen LogP contribution in [0.2, 0.25) is 0 Å². The zero-order chi connectivity index (χ0) is 19.8. The van der Waals surface area contributed by atoms with E-state index in [4.69, 9.17) is 0 Å². The molecule has 4 aromatic rings. The Morgan fingerprint density at radius 3 is 2.82 bits per heavy atom. The molecule has 144 valence electrons. The number of nitrogens with zero attached hydrogens (tertiary/aromatic N) is 6. The zero-order valence-corrected chi connectivity index (χ0v) is 18.0. The third-order valence-electron chi connectivity index (χ3n) is 4.48. The molecular weight excluding hydrogens is 442 g/mol. The summed E-state index contributed by atoms with van der Waals surface area (Å²) in [5.74, 6) is 0.468. The number of pyridine rings is 1. The summed E-state index contributed by atoms with van der Waals surface area (Å²) in [5.41, 5.74) is 4.17. The molecule has 0 fully saturated rings. The Bertz CT molecular complexity index is 1200. The third-order valence-corrected chi connectivity index (χ3v) is 5.49. The van der Waals surface area contributed by atoms with Gasteiger partial charge in [-0.3, -0.25) is 4.79 Å². The number of hydrogen-bond acceptors (Lipinski definition) is 6. The average molecular weight is 460 g/mol. The first-order chi connectivity index (χ1) is 13.4. The minimum Gasteiger partial charge on any atom is -0.350 e. The second-order valence-electron chi connectivity index (χ2n) is 6.37. The highest BCUT2D eigenvalue weighted by Crippen LogP contribution is 2.17. The molecule has 4 rings (SSSR count). The van der Waals surface area contributed by atoms with E-state index >= 15 is 0 Å². The van der Waals surface area contributed by atoms with E-state index in [0.29, 0.717) is 17.5 Å². The average Bonchev–Trinajstić information content (AvgIpc) is 3.26. The number of carbonyl (C=O) groups is 1. The molecule has 0 aliphatic rings. The number of rotatable bonds is 5. The van der Waals surface area contributed by atoms with Crippen molar-refractivity contribution in [3.63, 3.8) is 0 Å². The van der Waals surface area contributed by atoms with Crippen LogP contribution in [-0.4, -0.2) is 41.1 Å². The van der Waals surface area contributed by atoms with E-state index < -0.39 is 0 Å². The Morgan fingerprint density at radius 1 is 1.21 bits per heavy atom. The summed E-state index contributed by atoms with van der Waals surface area (Å²) in [6.07, 6.45) is 5.99. The maximum atomic E-state index is 12.5. The quantitative estimate of drug-likeness (QED) is 0.461. The Hall–Kier alpha value is -2.46. The van der Waals surface area contributed by atoms with Gasteiger partial charge in [0, 0.05) is 33.8 Å². The molecule has 4 aromatic heterocycles. The second-order valence-corrected chi connectivity index (χ2v) is 8.06. The van der Waals surface area contributed by atoms with Gasteiger partial charge in [-0.15, -0.1) is 5.10 Å². The molecule has 0 atom stereocenters. The number of carbonyl (C=O) groups excluding carboxylic acids is 1. The molecule has 0 saturated carbocycles. The van der Waals surface area contributed by atoms with Crippen molar-refractivity contribution >= 4 is 45.0 Å². The van der Waals surface area contributed by atoms with Crippen LogP contribution in [0, 0.1) is 13.8 Å². The summed E-state index contributed by atoms with van der Waals surface area (Å²) in [6, 6.07) is 3.86. The fourth-order valence-corrected chi connectivity index (χ4v) is 3.74. The van der Waals surface area contributed by atoms with E-state index in [1.54, 1.807) is 4.52 Å². The van der Waals surface area contributed by atoms with Gasteiger partial charge < -0.3 is 9.72 Å². The number of aromatic nitrogens is 6. The van der Waals surface area contributed by atoms with Gasteiger partial charge in [0.05, 0.1) is 18.7 Å². The summed E-state index contributed by atoms with van der Waals surface area (Å²) in [6.45, 7) is 4.19. The smallest absolute Gasteiger partial charge is 0.253 e. The largest absolute Gasteiger partial charge is 0.350 e. The monoisotopic (exact) mass is 459 g/mol. The van der Waals surface area contributed by atoms with Crippen LogP contribution < -0.4 is 5.32 Å². The van der Waals surface area contributed by atoms with E-state index in [1.165, 1.54) is 11.8 Å². The molecule has 28 heavy (non-hydrogen) atoms. The molecule has 0 saturated heterocycles. The molecule has 0 aliphatic heterocycles. The minimum atomic E-state index is -0.0872. The maximum absolute atomic E-state index is 12.5. The first-order valence-electron chi connectivity index (χ1n) is 8.61. The van der Waals surface area contributed by atoms with E-state index in [2.05, 4.69) is 41.3 Å².